The summed E-state index contributed by atoms with van der Waals surface area (Å²) in [5, 5.41) is 4.28. The monoisotopic (exact) mass is 270 g/mol. The zero-order valence-corrected chi connectivity index (χ0v) is 11.8. The Balaban J connectivity index is 1.86. The third-order valence-corrected chi connectivity index (χ3v) is 2.72. The van der Waals surface area contributed by atoms with Crippen molar-refractivity contribution in [1.29, 1.82) is 0 Å². The van der Waals surface area contributed by atoms with E-state index in [1.54, 1.807) is 0 Å². The zero-order chi connectivity index (χ0) is 14.4. The molecule has 0 aliphatic rings. The lowest BCUT2D eigenvalue weighted by Crippen LogP contribution is -2.11. The highest BCUT2D eigenvalue weighted by molar-refractivity contribution is 5.38. The van der Waals surface area contributed by atoms with Gasteiger partial charge in [-0.15, -0.1) is 0 Å². The summed E-state index contributed by atoms with van der Waals surface area (Å²) >= 11 is 0. The number of nitrogens with zero attached hydrogens (tertiary/aromatic N) is 3. The molecule has 0 saturated carbocycles. The van der Waals surface area contributed by atoms with Crippen LogP contribution in [-0.4, -0.2) is 27.9 Å². The topological polar surface area (TPSA) is 66.0 Å². The molecule has 1 heterocycles. The maximum absolute atomic E-state index is 5.67. The molecule has 0 spiro atoms. The second-order valence-electron chi connectivity index (χ2n) is 4.31. The van der Waals surface area contributed by atoms with Crippen LogP contribution in [-0.2, 0) is 6.54 Å². The van der Waals surface area contributed by atoms with E-state index in [2.05, 4.69) is 21.9 Å². The van der Waals surface area contributed by atoms with Crippen molar-refractivity contribution in [3.8, 4) is 17.6 Å². The van der Waals surface area contributed by atoms with E-state index in [9.17, 15) is 0 Å². The van der Waals surface area contributed by atoms with Gasteiger partial charge < -0.3 is 10.5 Å². The standard InChI is InChI=1S/C15H18N4O/c1-12-17-13(2)19(18-12)10-11-20-15-7-5-14(6-8-15)4-3-9-16/h5-8H,9-11,16H2,1-2H3. The Morgan fingerprint density at radius 1 is 1.25 bits per heavy atom. The van der Waals surface area contributed by atoms with E-state index in [0.29, 0.717) is 19.7 Å². The van der Waals surface area contributed by atoms with Gasteiger partial charge in [-0.2, -0.15) is 5.10 Å². The molecule has 0 aliphatic carbocycles. The van der Waals surface area contributed by atoms with Crippen molar-refractivity contribution in [2.45, 2.75) is 20.4 Å². The van der Waals surface area contributed by atoms with E-state index in [0.717, 1.165) is 23.0 Å². The lowest BCUT2D eigenvalue weighted by atomic mass is 10.2. The van der Waals surface area contributed by atoms with Crippen molar-refractivity contribution in [2.24, 2.45) is 5.73 Å². The van der Waals surface area contributed by atoms with Gasteiger partial charge in [-0.1, -0.05) is 11.8 Å². The predicted octanol–water partition coefficient (Wildman–Crippen LogP) is 1.28. The minimum absolute atomic E-state index is 0.370. The minimum Gasteiger partial charge on any atom is -0.492 e. The first-order valence-electron chi connectivity index (χ1n) is 6.49. The molecule has 0 radical (unpaired) electrons. The van der Waals surface area contributed by atoms with E-state index in [1.165, 1.54) is 0 Å². The van der Waals surface area contributed by atoms with Gasteiger partial charge in [0.05, 0.1) is 13.1 Å². The molecule has 1 aromatic carbocycles. The van der Waals surface area contributed by atoms with Gasteiger partial charge in [0, 0.05) is 5.56 Å². The van der Waals surface area contributed by atoms with Crippen molar-refractivity contribution in [2.75, 3.05) is 13.2 Å². The van der Waals surface area contributed by atoms with Crippen LogP contribution < -0.4 is 10.5 Å². The Labute approximate surface area is 118 Å². The molecule has 5 nitrogen and oxygen atoms in total. The fourth-order valence-electron chi connectivity index (χ4n) is 1.81. The molecular formula is C15H18N4O. The number of aromatic nitrogens is 3. The Morgan fingerprint density at radius 2 is 2.00 bits per heavy atom. The van der Waals surface area contributed by atoms with Gasteiger partial charge in [-0.25, -0.2) is 9.67 Å². The van der Waals surface area contributed by atoms with Crippen LogP contribution in [0.5, 0.6) is 5.75 Å². The van der Waals surface area contributed by atoms with Crippen molar-refractivity contribution in [3.63, 3.8) is 0 Å². The van der Waals surface area contributed by atoms with E-state index in [4.69, 9.17) is 10.5 Å². The van der Waals surface area contributed by atoms with Crippen LogP contribution >= 0.6 is 0 Å². The molecule has 20 heavy (non-hydrogen) atoms. The maximum Gasteiger partial charge on any atom is 0.147 e. The summed E-state index contributed by atoms with van der Waals surface area (Å²) in [5.41, 5.74) is 6.27. The van der Waals surface area contributed by atoms with Crippen LogP contribution in [0.15, 0.2) is 24.3 Å². The van der Waals surface area contributed by atoms with Crippen LogP contribution in [0.25, 0.3) is 0 Å². The number of ether oxygens (including phenoxy) is 1. The first-order valence-corrected chi connectivity index (χ1v) is 6.49. The first-order chi connectivity index (χ1) is 9.69. The van der Waals surface area contributed by atoms with E-state index < -0.39 is 0 Å². The average Bonchev–Trinajstić information content (AvgIpc) is 2.76. The summed E-state index contributed by atoms with van der Waals surface area (Å²) in [6, 6.07) is 7.64. The molecule has 0 aliphatic heterocycles. The quantitative estimate of drug-likeness (QED) is 0.850. The van der Waals surface area contributed by atoms with Crippen LogP contribution in [0.3, 0.4) is 0 Å². The molecule has 0 unspecified atom stereocenters. The Hall–Kier alpha value is -2.32. The molecule has 5 heteroatoms. The van der Waals surface area contributed by atoms with Crippen molar-refractivity contribution >= 4 is 0 Å². The lowest BCUT2D eigenvalue weighted by Gasteiger charge is -2.07. The van der Waals surface area contributed by atoms with Crippen molar-refractivity contribution in [1.82, 2.24) is 14.8 Å². The lowest BCUT2D eigenvalue weighted by molar-refractivity contribution is 0.289. The smallest absolute Gasteiger partial charge is 0.147 e. The summed E-state index contributed by atoms with van der Waals surface area (Å²) in [5.74, 6) is 8.29. The number of aryl methyl sites for hydroxylation is 2. The van der Waals surface area contributed by atoms with Gasteiger partial charge in [0.15, 0.2) is 0 Å². The molecule has 0 saturated heterocycles. The Kier molecular flexibility index (Phi) is 4.75. The zero-order valence-electron chi connectivity index (χ0n) is 11.8. The Bertz CT molecular complexity index is 620. The molecule has 2 N–H and O–H groups in total. The van der Waals surface area contributed by atoms with Crippen LogP contribution in [0, 0.1) is 25.7 Å². The molecule has 2 rings (SSSR count). The van der Waals surface area contributed by atoms with Crippen molar-refractivity contribution < 1.29 is 4.74 Å². The molecule has 2 aromatic rings. The fourth-order valence-corrected chi connectivity index (χ4v) is 1.81. The van der Waals surface area contributed by atoms with Gasteiger partial charge in [0.1, 0.15) is 24.0 Å². The molecule has 1 aromatic heterocycles. The highest BCUT2D eigenvalue weighted by Crippen LogP contribution is 2.11. The van der Waals surface area contributed by atoms with Gasteiger partial charge in [0.25, 0.3) is 0 Å². The molecular weight excluding hydrogens is 252 g/mol. The van der Waals surface area contributed by atoms with Gasteiger partial charge in [-0.05, 0) is 38.1 Å². The van der Waals surface area contributed by atoms with E-state index in [-0.39, 0.29) is 0 Å². The minimum atomic E-state index is 0.370. The first kappa shape index (κ1) is 14.1. The van der Waals surface area contributed by atoms with Crippen molar-refractivity contribution in [3.05, 3.63) is 41.5 Å². The van der Waals surface area contributed by atoms with E-state index >= 15 is 0 Å². The molecule has 0 fully saturated rings. The van der Waals surface area contributed by atoms with Gasteiger partial charge in [-0.3, -0.25) is 0 Å². The van der Waals surface area contributed by atoms with Gasteiger partial charge in [0.2, 0.25) is 0 Å². The predicted molar refractivity (Wildman–Crippen MR) is 77.4 cm³/mol. The number of rotatable bonds is 4. The third-order valence-electron chi connectivity index (χ3n) is 2.72. The largest absolute Gasteiger partial charge is 0.492 e. The number of nitrogens with two attached hydrogens (primary N) is 1. The summed E-state index contributed by atoms with van der Waals surface area (Å²) in [6.45, 7) is 5.42. The highest BCUT2D eigenvalue weighted by atomic mass is 16.5. The molecule has 0 bridgehead atoms. The molecule has 104 valence electrons. The van der Waals surface area contributed by atoms with Gasteiger partial charge >= 0.3 is 0 Å². The van der Waals surface area contributed by atoms with Crippen LogP contribution in [0.2, 0.25) is 0 Å². The van der Waals surface area contributed by atoms with E-state index in [1.807, 2.05) is 42.8 Å². The van der Waals surface area contributed by atoms with Crippen LogP contribution in [0.4, 0.5) is 0 Å². The SMILES string of the molecule is Cc1nc(C)n(CCOc2ccc(C#CCN)cc2)n1. The molecule has 0 atom stereocenters. The number of benzene rings is 1. The Morgan fingerprint density at radius 3 is 2.60 bits per heavy atom. The normalized spacial score (nSPS) is 9.95. The summed E-state index contributed by atoms with van der Waals surface area (Å²) in [7, 11) is 0. The fraction of sp³-hybridized carbons (Fsp3) is 0.333. The van der Waals surface area contributed by atoms with Crippen LogP contribution in [0.1, 0.15) is 17.2 Å². The molecule has 0 amide bonds. The maximum atomic E-state index is 5.67. The number of hydrogen-bond acceptors (Lipinski definition) is 4. The average molecular weight is 270 g/mol. The summed E-state index contributed by atoms with van der Waals surface area (Å²) in [4.78, 5) is 4.25. The highest BCUT2D eigenvalue weighted by Gasteiger charge is 2.02. The second kappa shape index (κ2) is 6.73. The summed E-state index contributed by atoms with van der Waals surface area (Å²) < 4.78 is 7.52. The second-order valence-corrected chi connectivity index (χ2v) is 4.31. The summed E-state index contributed by atoms with van der Waals surface area (Å²) in [6.07, 6.45) is 0. The third kappa shape index (κ3) is 3.84. The number of hydrogen-bond donors (Lipinski definition) is 1.